The molecule has 0 spiro atoms. The average Bonchev–Trinajstić information content (AvgIpc) is 2.49. The molecule has 2 aromatic rings. The van der Waals surface area contributed by atoms with E-state index in [-0.39, 0.29) is 12.4 Å². The molecule has 7 heteroatoms. The molecular formula is C7H9N7. The van der Waals surface area contributed by atoms with Crippen molar-refractivity contribution in [3.8, 4) is 0 Å². The summed E-state index contributed by atoms with van der Waals surface area (Å²) in [5, 5.41) is 7.15. The molecule has 2 heterocycles. The van der Waals surface area contributed by atoms with E-state index in [2.05, 4.69) is 15.0 Å². The Morgan fingerprint density at radius 1 is 1.43 bits per heavy atom. The van der Waals surface area contributed by atoms with Crippen molar-refractivity contribution in [2.24, 2.45) is 5.73 Å². The first-order chi connectivity index (χ1) is 6.68. The van der Waals surface area contributed by atoms with E-state index in [9.17, 15) is 0 Å². The monoisotopic (exact) mass is 191 g/mol. The van der Waals surface area contributed by atoms with Gasteiger partial charge in [-0.05, 0) is 0 Å². The van der Waals surface area contributed by atoms with Gasteiger partial charge < -0.3 is 16.0 Å². The molecule has 72 valence electrons. The summed E-state index contributed by atoms with van der Waals surface area (Å²) in [6.45, 7) is 0.257. The molecule has 0 aliphatic rings. The Morgan fingerprint density at radius 2 is 2.21 bits per heavy atom. The molecule has 0 radical (unpaired) electrons. The number of nitrogens with two attached hydrogens (primary N) is 2. The normalized spacial score (nSPS) is 10.6. The SMILES string of the molecule is N=C(N)Cn1cnc2c(N)ncnc21. The summed E-state index contributed by atoms with van der Waals surface area (Å²) < 4.78 is 1.65. The Morgan fingerprint density at radius 3 is 2.93 bits per heavy atom. The quantitative estimate of drug-likeness (QED) is 0.430. The van der Waals surface area contributed by atoms with Gasteiger partial charge in [-0.3, -0.25) is 5.41 Å². The van der Waals surface area contributed by atoms with Crippen LogP contribution >= 0.6 is 0 Å². The largest absolute Gasteiger partial charge is 0.386 e. The minimum atomic E-state index is 0.0430. The van der Waals surface area contributed by atoms with E-state index in [0.29, 0.717) is 17.0 Å². The second-order valence-corrected chi connectivity index (χ2v) is 2.83. The van der Waals surface area contributed by atoms with Gasteiger partial charge in [0.05, 0.1) is 12.9 Å². The van der Waals surface area contributed by atoms with Crippen molar-refractivity contribution in [3.63, 3.8) is 0 Å². The summed E-state index contributed by atoms with van der Waals surface area (Å²) in [7, 11) is 0. The summed E-state index contributed by atoms with van der Waals surface area (Å²) in [6, 6.07) is 0. The van der Waals surface area contributed by atoms with E-state index in [4.69, 9.17) is 16.9 Å². The van der Waals surface area contributed by atoms with Gasteiger partial charge in [0.25, 0.3) is 0 Å². The standard InChI is InChI=1S/C7H9N7/c8-4(9)1-14-3-13-5-6(10)11-2-12-7(5)14/h2-3H,1H2,(H3,8,9)(H2,10,11,12). The molecule has 0 aliphatic carbocycles. The van der Waals surface area contributed by atoms with Crippen molar-refractivity contribution >= 4 is 22.8 Å². The molecule has 2 rings (SSSR count). The van der Waals surface area contributed by atoms with Gasteiger partial charge in [0, 0.05) is 0 Å². The Kier molecular flexibility index (Phi) is 1.77. The second kappa shape index (κ2) is 2.95. The molecular weight excluding hydrogens is 182 g/mol. The fourth-order valence-electron chi connectivity index (χ4n) is 1.20. The lowest BCUT2D eigenvalue weighted by Gasteiger charge is -2.00. The molecule has 0 atom stereocenters. The molecule has 0 fully saturated rings. The van der Waals surface area contributed by atoms with Crippen molar-refractivity contribution in [1.29, 1.82) is 5.41 Å². The van der Waals surface area contributed by atoms with Gasteiger partial charge >= 0.3 is 0 Å². The van der Waals surface area contributed by atoms with Crippen LogP contribution in [0.25, 0.3) is 11.2 Å². The van der Waals surface area contributed by atoms with Crippen LogP contribution < -0.4 is 11.5 Å². The first kappa shape index (κ1) is 8.42. The van der Waals surface area contributed by atoms with Gasteiger partial charge in [-0.25, -0.2) is 15.0 Å². The van der Waals surface area contributed by atoms with Crippen LogP contribution in [0, 0.1) is 5.41 Å². The van der Waals surface area contributed by atoms with Crippen LogP contribution in [-0.2, 0) is 6.54 Å². The number of fused-ring (bicyclic) bond motifs is 1. The van der Waals surface area contributed by atoms with Crippen LogP contribution in [0.4, 0.5) is 5.82 Å². The van der Waals surface area contributed by atoms with Crippen LogP contribution in [0.5, 0.6) is 0 Å². The third-order valence-corrected chi connectivity index (χ3v) is 1.77. The molecule has 0 aliphatic heterocycles. The molecule has 2 aromatic heterocycles. The number of nitrogens with zero attached hydrogens (tertiary/aromatic N) is 4. The third kappa shape index (κ3) is 1.24. The first-order valence-electron chi connectivity index (χ1n) is 3.92. The number of imidazole rings is 1. The van der Waals surface area contributed by atoms with Crippen LogP contribution in [0.3, 0.4) is 0 Å². The molecule has 0 saturated heterocycles. The predicted octanol–water partition coefficient (Wildman–Crippen LogP) is -0.656. The molecule has 14 heavy (non-hydrogen) atoms. The molecule has 7 nitrogen and oxygen atoms in total. The summed E-state index contributed by atoms with van der Waals surface area (Å²) in [4.78, 5) is 11.8. The van der Waals surface area contributed by atoms with Gasteiger partial charge in [0.15, 0.2) is 11.5 Å². The van der Waals surface area contributed by atoms with Crippen molar-refractivity contribution < 1.29 is 0 Å². The molecule has 0 saturated carbocycles. The summed E-state index contributed by atoms with van der Waals surface area (Å²) >= 11 is 0. The van der Waals surface area contributed by atoms with Crippen molar-refractivity contribution in [3.05, 3.63) is 12.7 Å². The number of hydrogen-bond donors (Lipinski definition) is 3. The first-order valence-corrected chi connectivity index (χ1v) is 3.92. The van der Waals surface area contributed by atoms with E-state index in [1.165, 1.54) is 12.7 Å². The van der Waals surface area contributed by atoms with Crippen molar-refractivity contribution in [1.82, 2.24) is 19.5 Å². The van der Waals surface area contributed by atoms with Crippen LogP contribution in [0.2, 0.25) is 0 Å². The Bertz CT molecular complexity index is 486. The zero-order valence-electron chi connectivity index (χ0n) is 7.31. The Hall–Kier alpha value is -2.18. The minimum absolute atomic E-state index is 0.0430. The van der Waals surface area contributed by atoms with Crippen molar-refractivity contribution in [2.45, 2.75) is 6.54 Å². The molecule has 0 bridgehead atoms. The zero-order valence-corrected chi connectivity index (χ0v) is 7.31. The van der Waals surface area contributed by atoms with E-state index in [1.54, 1.807) is 4.57 Å². The molecule has 5 N–H and O–H groups in total. The topological polar surface area (TPSA) is 119 Å². The smallest absolute Gasteiger partial charge is 0.165 e. The van der Waals surface area contributed by atoms with Crippen molar-refractivity contribution in [2.75, 3.05) is 5.73 Å². The fourth-order valence-corrected chi connectivity index (χ4v) is 1.20. The lowest BCUT2D eigenvalue weighted by atomic mass is 10.5. The fraction of sp³-hybridized carbons (Fsp3) is 0.143. The van der Waals surface area contributed by atoms with Crippen LogP contribution in [-0.4, -0.2) is 25.4 Å². The number of amidine groups is 1. The number of aromatic nitrogens is 4. The van der Waals surface area contributed by atoms with Gasteiger partial charge in [0.1, 0.15) is 17.7 Å². The van der Waals surface area contributed by atoms with Crippen LogP contribution in [0.1, 0.15) is 0 Å². The summed E-state index contributed by atoms with van der Waals surface area (Å²) in [6.07, 6.45) is 2.90. The van der Waals surface area contributed by atoms with Crippen LogP contribution in [0.15, 0.2) is 12.7 Å². The van der Waals surface area contributed by atoms with Gasteiger partial charge in [0.2, 0.25) is 0 Å². The molecule has 0 unspecified atom stereocenters. The lowest BCUT2D eigenvalue weighted by Crippen LogP contribution is -2.17. The highest BCUT2D eigenvalue weighted by atomic mass is 15.1. The molecule has 0 aromatic carbocycles. The number of nitrogen functional groups attached to an aromatic ring is 1. The molecule has 0 amide bonds. The Labute approximate surface area is 79.3 Å². The highest BCUT2D eigenvalue weighted by Gasteiger charge is 2.07. The highest BCUT2D eigenvalue weighted by Crippen LogP contribution is 2.13. The second-order valence-electron chi connectivity index (χ2n) is 2.83. The van der Waals surface area contributed by atoms with Gasteiger partial charge in [-0.2, -0.15) is 0 Å². The number of hydrogen-bond acceptors (Lipinski definition) is 5. The summed E-state index contributed by atoms with van der Waals surface area (Å²) in [5.41, 5.74) is 12.0. The zero-order chi connectivity index (χ0) is 10.1. The maximum Gasteiger partial charge on any atom is 0.165 e. The minimum Gasteiger partial charge on any atom is -0.386 e. The van der Waals surface area contributed by atoms with Gasteiger partial charge in [-0.15, -0.1) is 0 Å². The Balaban J connectivity index is 2.58. The number of anilines is 1. The van der Waals surface area contributed by atoms with E-state index in [1.807, 2.05) is 0 Å². The number of rotatable bonds is 2. The van der Waals surface area contributed by atoms with E-state index in [0.717, 1.165) is 0 Å². The number of nitrogens with one attached hydrogen (secondary N) is 1. The maximum absolute atomic E-state index is 7.15. The van der Waals surface area contributed by atoms with E-state index < -0.39 is 0 Å². The summed E-state index contributed by atoms with van der Waals surface area (Å²) in [5.74, 6) is 0.374. The third-order valence-electron chi connectivity index (χ3n) is 1.77. The highest BCUT2D eigenvalue weighted by molar-refractivity contribution is 5.83. The van der Waals surface area contributed by atoms with E-state index >= 15 is 0 Å². The average molecular weight is 191 g/mol. The van der Waals surface area contributed by atoms with Gasteiger partial charge in [-0.1, -0.05) is 0 Å². The predicted molar refractivity (Wildman–Crippen MR) is 51.6 cm³/mol. The lowest BCUT2D eigenvalue weighted by molar-refractivity contribution is 0.855. The maximum atomic E-state index is 7.15.